The van der Waals surface area contributed by atoms with Gasteiger partial charge in [0.2, 0.25) is 0 Å². The van der Waals surface area contributed by atoms with Crippen LogP contribution in [0.15, 0.2) is 0 Å². The first-order valence-electron chi connectivity index (χ1n) is 10.4. The Kier molecular flexibility index (Phi) is 9.21. The highest BCUT2D eigenvalue weighted by molar-refractivity contribution is 5.78. The second-order valence-corrected chi connectivity index (χ2v) is 8.04. The van der Waals surface area contributed by atoms with Crippen molar-refractivity contribution in [2.45, 2.75) is 116 Å². The summed E-state index contributed by atoms with van der Waals surface area (Å²) in [6, 6.07) is 0. The predicted molar refractivity (Wildman–Crippen MR) is 95.1 cm³/mol. The van der Waals surface area contributed by atoms with Gasteiger partial charge in [0.15, 0.2) is 0 Å². The molecule has 0 aromatic carbocycles. The molecule has 2 aliphatic rings. The van der Waals surface area contributed by atoms with Crippen LogP contribution in [0.5, 0.6) is 0 Å². The van der Waals surface area contributed by atoms with Crippen LogP contribution in [0, 0.1) is 11.8 Å². The summed E-state index contributed by atoms with van der Waals surface area (Å²) in [6.45, 7) is 0. The molecule has 1 heteroatoms. The lowest BCUT2D eigenvalue weighted by Gasteiger charge is -2.21. The molecule has 0 radical (unpaired) electrons. The summed E-state index contributed by atoms with van der Waals surface area (Å²) in [5, 5.41) is 0. The molecule has 0 aromatic rings. The number of ketones is 1. The van der Waals surface area contributed by atoms with Crippen molar-refractivity contribution in [1.82, 2.24) is 0 Å². The van der Waals surface area contributed by atoms with Crippen molar-refractivity contribution in [1.29, 1.82) is 0 Å². The Hall–Kier alpha value is -0.330. The minimum absolute atomic E-state index is 0.535. The summed E-state index contributed by atoms with van der Waals surface area (Å²) in [7, 11) is 0. The zero-order valence-corrected chi connectivity index (χ0v) is 14.8. The lowest BCUT2D eigenvalue weighted by Crippen LogP contribution is -2.07. The van der Waals surface area contributed by atoms with Gasteiger partial charge in [0.1, 0.15) is 5.78 Å². The summed E-state index contributed by atoms with van der Waals surface area (Å²) >= 11 is 0. The molecule has 0 bridgehead atoms. The third kappa shape index (κ3) is 7.79. The maximum absolute atomic E-state index is 11.9. The van der Waals surface area contributed by atoms with Gasteiger partial charge in [-0.2, -0.15) is 0 Å². The van der Waals surface area contributed by atoms with E-state index < -0.39 is 0 Å². The standard InChI is InChI=1S/C21H38O/c22-21(17-9-7-15-19-11-3-1-4-12-19)18-10-8-16-20-13-5-2-6-14-20/h19-20H,1-18H2. The van der Waals surface area contributed by atoms with Gasteiger partial charge in [0.25, 0.3) is 0 Å². The SMILES string of the molecule is O=C(CCCCC1CCCCC1)CCCCC1CCCCC1. The average molecular weight is 307 g/mol. The number of unbranched alkanes of at least 4 members (excludes halogenated alkanes) is 2. The first-order valence-corrected chi connectivity index (χ1v) is 10.4. The first kappa shape index (κ1) is 18.0. The minimum Gasteiger partial charge on any atom is -0.300 e. The van der Waals surface area contributed by atoms with Gasteiger partial charge in [0, 0.05) is 12.8 Å². The van der Waals surface area contributed by atoms with Crippen LogP contribution in [0.25, 0.3) is 0 Å². The third-order valence-corrected chi connectivity index (χ3v) is 6.09. The summed E-state index contributed by atoms with van der Waals surface area (Å²) in [4.78, 5) is 11.9. The van der Waals surface area contributed by atoms with Gasteiger partial charge < -0.3 is 0 Å². The van der Waals surface area contributed by atoms with Gasteiger partial charge in [-0.05, 0) is 24.7 Å². The molecular formula is C21H38O. The van der Waals surface area contributed by atoms with Crippen molar-refractivity contribution in [2.75, 3.05) is 0 Å². The molecule has 0 saturated heterocycles. The molecule has 0 unspecified atom stereocenters. The fourth-order valence-electron chi connectivity index (χ4n) is 4.59. The van der Waals surface area contributed by atoms with Crippen LogP contribution in [-0.2, 0) is 4.79 Å². The summed E-state index contributed by atoms with van der Waals surface area (Å²) in [5.74, 6) is 2.51. The Morgan fingerprint density at radius 1 is 0.591 bits per heavy atom. The second-order valence-electron chi connectivity index (χ2n) is 8.04. The van der Waals surface area contributed by atoms with Gasteiger partial charge in [-0.25, -0.2) is 0 Å². The molecule has 0 spiro atoms. The highest BCUT2D eigenvalue weighted by Crippen LogP contribution is 2.29. The van der Waals surface area contributed by atoms with E-state index >= 15 is 0 Å². The molecule has 0 aromatic heterocycles. The van der Waals surface area contributed by atoms with Gasteiger partial charge in [-0.1, -0.05) is 89.9 Å². The highest BCUT2D eigenvalue weighted by atomic mass is 16.1. The van der Waals surface area contributed by atoms with Crippen molar-refractivity contribution in [3.63, 3.8) is 0 Å². The maximum atomic E-state index is 11.9. The number of carbonyl (C=O) groups excluding carboxylic acids is 1. The normalized spacial score (nSPS) is 21.1. The fourth-order valence-corrected chi connectivity index (χ4v) is 4.59. The Bertz CT molecular complexity index is 256. The zero-order chi connectivity index (χ0) is 15.5. The molecular weight excluding hydrogens is 268 g/mol. The third-order valence-electron chi connectivity index (χ3n) is 6.09. The molecule has 0 N–H and O–H groups in total. The van der Waals surface area contributed by atoms with E-state index in [1.807, 2.05) is 0 Å². The maximum Gasteiger partial charge on any atom is 0.132 e. The van der Waals surface area contributed by atoms with E-state index in [0.717, 1.165) is 37.5 Å². The quantitative estimate of drug-likeness (QED) is 0.404. The van der Waals surface area contributed by atoms with Crippen LogP contribution in [0.2, 0.25) is 0 Å². The van der Waals surface area contributed by atoms with E-state index in [0.29, 0.717) is 5.78 Å². The van der Waals surface area contributed by atoms with Crippen LogP contribution in [-0.4, -0.2) is 5.78 Å². The van der Waals surface area contributed by atoms with Crippen LogP contribution < -0.4 is 0 Å². The molecule has 2 rings (SSSR count). The number of rotatable bonds is 10. The molecule has 0 atom stereocenters. The van der Waals surface area contributed by atoms with Gasteiger partial charge in [0.05, 0.1) is 0 Å². The number of hydrogen-bond acceptors (Lipinski definition) is 1. The summed E-state index contributed by atoms with van der Waals surface area (Å²) in [5.41, 5.74) is 0. The van der Waals surface area contributed by atoms with Gasteiger partial charge in [-0.3, -0.25) is 4.79 Å². The molecule has 0 aliphatic heterocycles. The van der Waals surface area contributed by atoms with E-state index in [4.69, 9.17) is 0 Å². The number of hydrogen-bond donors (Lipinski definition) is 0. The van der Waals surface area contributed by atoms with Crippen LogP contribution in [0.1, 0.15) is 116 Å². The first-order chi connectivity index (χ1) is 10.8. The van der Waals surface area contributed by atoms with E-state index in [9.17, 15) is 4.79 Å². The molecule has 0 heterocycles. The summed E-state index contributed by atoms with van der Waals surface area (Å²) in [6.07, 6.45) is 23.9. The van der Waals surface area contributed by atoms with E-state index in [1.54, 1.807) is 0 Å². The van der Waals surface area contributed by atoms with E-state index in [2.05, 4.69) is 0 Å². The van der Waals surface area contributed by atoms with Crippen molar-refractivity contribution in [3.05, 3.63) is 0 Å². The second kappa shape index (κ2) is 11.2. The molecule has 128 valence electrons. The number of carbonyl (C=O) groups is 1. The minimum atomic E-state index is 0.535. The number of Topliss-reactive ketones (excluding diaryl/α,β-unsaturated/α-hetero) is 1. The Labute approximate surface area is 138 Å². The monoisotopic (exact) mass is 306 g/mol. The smallest absolute Gasteiger partial charge is 0.132 e. The van der Waals surface area contributed by atoms with Crippen molar-refractivity contribution in [3.8, 4) is 0 Å². The topological polar surface area (TPSA) is 17.1 Å². The molecule has 2 aliphatic carbocycles. The Morgan fingerprint density at radius 2 is 1.00 bits per heavy atom. The molecule has 1 nitrogen and oxygen atoms in total. The van der Waals surface area contributed by atoms with Crippen molar-refractivity contribution < 1.29 is 4.79 Å². The van der Waals surface area contributed by atoms with Gasteiger partial charge in [-0.15, -0.1) is 0 Å². The van der Waals surface area contributed by atoms with Crippen LogP contribution >= 0.6 is 0 Å². The van der Waals surface area contributed by atoms with E-state index in [-0.39, 0.29) is 0 Å². The van der Waals surface area contributed by atoms with Crippen LogP contribution in [0.3, 0.4) is 0 Å². The molecule has 2 fully saturated rings. The lowest BCUT2D eigenvalue weighted by atomic mass is 9.85. The lowest BCUT2D eigenvalue weighted by molar-refractivity contribution is -0.119. The largest absolute Gasteiger partial charge is 0.300 e. The van der Waals surface area contributed by atoms with Crippen molar-refractivity contribution >= 4 is 5.78 Å². The molecule has 22 heavy (non-hydrogen) atoms. The highest BCUT2D eigenvalue weighted by Gasteiger charge is 2.14. The predicted octanol–water partition coefficient (Wildman–Crippen LogP) is 6.84. The van der Waals surface area contributed by atoms with E-state index in [1.165, 1.54) is 89.9 Å². The van der Waals surface area contributed by atoms with Crippen LogP contribution in [0.4, 0.5) is 0 Å². The Balaban J connectivity index is 1.39. The Morgan fingerprint density at radius 3 is 1.41 bits per heavy atom. The molecule has 2 saturated carbocycles. The average Bonchev–Trinajstić information content (AvgIpc) is 2.57. The van der Waals surface area contributed by atoms with Crippen molar-refractivity contribution in [2.24, 2.45) is 11.8 Å². The molecule has 0 amide bonds. The van der Waals surface area contributed by atoms with Gasteiger partial charge >= 0.3 is 0 Å². The summed E-state index contributed by atoms with van der Waals surface area (Å²) < 4.78 is 0. The zero-order valence-electron chi connectivity index (χ0n) is 14.8. The fraction of sp³-hybridized carbons (Fsp3) is 0.952.